The van der Waals surface area contributed by atoms with Gasteiger partial charge in [-0.1, -0.05) is 72.2 Å². The van der Waals surface area contributed by atoms with Gasteiger partial charge in [-0.25, -0.2) is 0 Å². The zero-order valence-corrected chi connectivity index (χ0v) is 19.1. The van der Waals surface area contributed by atoms with Crippen LogP contribution in [0.2, 0.25) is 0 Å². The molecule has 5 heteroatoms. The Labute approximate surface area is 182 Å². The summed E-state index contributed by atoms with van der Waals surface area (Å²) in [6, 6.07) is 17.3. The lowest BCUT2D eigenvalue weighted by molar-refractivity contribution is -0.141. The molecule has 0 heterocycles. The van der Waals surface area contributed by atoms with Gasteiger partial charge in [0.1, 0.15) is 6.04 Å². The van der Waals surface area contributed by atoms with E-state index in [0.29, 0.717) is 19.4 Å². The summed E-state index contributed by atoms with van der Waals surface area (Å²) in [6.45, 7) is 6.43. The van der Waals surface area contributed by atoms with E-state index in [1.165, 1.54) is 0 Å². The first-order chi connectivity index (χ1) is 13.9. The molecule has 2 aromatic carbocycles. The molecule has 0 aromatic heterocycles. The predicted molar refractivity (Wildman–Crippen MR) is 121 cm³/mol. The lowest BCUT2D eigenvalue weighted by Crippen LogP contribution is -2.52. The Balaban J connectivity index is 2.35. The van der Waals surface area contributed by atoms with Crippen molar-refractivity contribution >= 4 is 27.7 Å². The largest absolute Gasteiger partial charge is 0.352 e. The molecule has 0 bridgehead atoms. The molecule has 2 amide bonds. The van der Waals surface area contributed by atoms with Gasteiger partial charge in [0, 0.05) is 29.9 Å². The summed E-state index contributed by atoms with van der Waals surface area (Å²) in [5, 5.41) is 3.08. The number of hydrogen-bond acceptors (Lipinski definition) is 2. The number of amides is 2. The van der Waals surface area contributed by atoms with Crippen LogP contribution in [0.4, 0.5) is 0 Å². The van der Waals surface area contributed by atoms with Crippen molar-refractivity contribution in [2.75, 3.05) is 0 Å². The van der Waals surface area contributed by atoms with E-state index in [1.54, 1.807) is 4.90 Å². The smallest absolute Gasteiger partial charge is 0.243 e. The minimum atomic E-state index is -0.547. The Morgan fingerprint density at radius 3 is 2.24 bits per heavy atom. The van der Waals surface area contributed by atoms with Crippen LogP contribution in [0.25, 0.3) is 0 Å². The summed E-state index contributed by atoms with van der Waals surface area (Å²) >= 11 is 3.45. The second-order valence-electron chi connectivity index (χ2n) is 7.42. The van der Waals surface area contributed by atoms with Crippen LogP contribution in [0.3, 0.4) is 0 Å². The van der Waals surface area contributed by atoms with Crippen molar-refractivity contribution < 1.29 is 9.59 Å². The highest BCUT2D eigenvalue weighted by Gasteiger charge is 2.30. The lowest BCUT2D eigenvalue weighted by atomic mass is 10.0. The van der Waals surface area contributed by atoms with Crippen LogP contribution >= 0.6 is 15.9 Å². The highest BCUT2D eigenvalue weighted by atomic mass is 79.9. The third-order valence-corrected chi connectivity index (χ3v) is 5.53. The maximum absolute atomic E-state index is 13.2. The SMILES string of the molecule is CCCC(=O)N(Cc1ccc(Br)cc1)[C@H](Cc1ccccc1)C(=O)N[C@@H](C)CC. The van der Waals surface area contributed by atoms with Gasteiger partial charge >= 0.3 is 0 Å². The average Bonchev–Trinajstić information content (AvgIpc) is 2.72. The van der Waals surface area contributed by atoms with Gasteiger partial charge in [-0.3, -0.25) is 9.59 Å². The first-order valence-electron chi connectivity index (χ1n) is 10.3. The maximum Gasteiger partial charge on any atom is 0.243 e. The first-order valence-corrected chi connectivity index (χ1v) is 11.1. The fourth-order valence-corrected chi connectivity index (χ4v) is 3.40. The number of halogens is 1. The van der Waals surface area contributed by atoms with Gasteiger partial charge in [-0.2, -0.15) is 0 Å². The van der Waals surface area contributed by atoms with E-state index in [1.807, 2.05) is 75.4 Å². The van der Waals surface area contributed by atoms with Gasteiger partial charge in [-0.05, 0) is 43.0 Å². The molecule has 0 unspecified atom stereocenters. The molecule has 2 atom stereocenters. The van der Waals surface area contributed by atoms with Crippen molar-refractivity contribution in [3.8, 4) is 0 Å². The molecular weight excluding hydrogens is 428 g/mol. The molecule has 0 fully saturated rings. The fraction of sp³-hybridized carbons (Fsp3) is 0.417. The molecule has 4 nitrogen and oxygen atoms in total. The third-order valence-electron chi connectivity index (χ3n) is 5.00. The molecule has 0 saturated carbocycles. The molecule has 0 spiro atoms. The third kappa shape index (κ3) is 7.32. The lowest BCUT2D eigenvalue weighted by Gasteiger charge is -2.32. The van der Waals surface area contributed by atoms with Gasteiger partial charge in [0.05, 0.1) is 0 Å². The van der Waals surface area contributed by atoms with E-state index >= 15 is 0 Å². The van der Waals surface area contributed by atoms with Crippen LogP contribution < -0.4 is 5.32 Å². The van der Waals surface area contributed by atoms with Gasteiger partial charge in [-0.15, -0.1) is 0 Å². The Morgan fingerprint density at radius 1 is 1.00 bits per heavy atom. The van der Waals surface area contributed by atoms with E-state index in [4.69, 9.17) is 0 Å². The Hall–Kier alpha value is -2.14. The fourth-order valence-electron chi connectivity index (χ4n) is 3.14. The summed E-state index contributed by atoms with van der Waals surface area (Å²) in [6.07, 6.45) is 2.52. The molecule has 1 N–H and O–H groups in total. The monoisotopic (exact) mass is 458 g/mol. The summed E-state index contributed by atoms with van der Waals surface area (Å²) in [4.78, 5) is 28.0. The normalized spacial score (nSPS) is 12.8. The molecular formula is C24H31BrN2O2. The number of nitrogens with zero attached hydrogens (tertiary/aromatic N) is 1. The zero-order chi connectivity index (χ0) is 21.2. The highest BCUT2D eigenvalue weighted by molar-refractivity contribution is 9.10. The molecule has 156 valence electrons. The standard InChI is InChI=1S/C24H31BrN2O2/c1-4-9-23(28)27(17-20-12-14-21(25)15-13-20)22(24(29)26-18(3)5-2)16-19-10-7-6-8-11-19/h6-8,10-15,18,22H,4-5,9,16-17H2,1-3H3,(H,26,29)/t18-,22+/m0/s1. The number of hydrogen-bond donors (Lipinski definition) is 1. The van der Waals surface area contributed by atoms with Crippen molar-refractivity contribution in [3.63, 3.8) is 0 Å². The molecule has 0 aliphatic heterocycles. The van der Waals surface area contributed by atoms with Crippen LogP contribution in [-0.4, -0.2) is 28.8 Å². The van der Waals surface area contributed by atoms with Gasteiger partial charge in [0.15, 0.2) is 0 Å². The quantitative estimate of drug-likeness (QED) is 0.537. The van der Waals surface area contributed by atoms with Crippen molar-refractivity contribution in [3.05, 3.63) is 70.2 Å². The predicted octanol–water partition coefficient (Wildman–Crippen LogP) is 5.10. The summed E-state index contributed by atoms with van der Waals surface area (Å²) in [5.74, 6) is -0.0829. The van der Waals surface area contributed by atoms with E-state index < -0.39 is 6.04 Å². The van der Waals surface area contributed by atoms with Crippen molar-refractivity contribution in [2.45, 2.75) is 65.1 Å². The minimum absolute atomic E-state index is 0.00986. The first kappa shape index (κ1) is 23.1. The van der Waals surface area contributed by atoms with Crippen LogP contribution in [0.5, 0.6) is 0 Å². The molecule has 0 aliphatic carbocycles. The number of carbonyl (C=O) groups excluding carboxylic acids is 2. The maximum atomic E-state index is 13.2. The van der Waals surface area contributed by atoms with Crippen LogP contribution in [0.1, 0.15) is 51.2 Å². The number of benzene rings is 2. The van der Waals surface area contributed by atoms with Crippen molar-refractivity contribution in [2.24, 2.45) is 0 Å². The second-order valence-corrected chi connectivity index (χ2v) is 8.34. The van der Waals surface area contributed by atoms with Crippen LogP contribution in [-0.2, 0) is 22.6 Å². The van der Waals surface area contributed by atoms with Crippen LogP contribution in [0.15, 0.2) is 59.1 Å². The van der Waals surface area contributed by atoms with Gasteiger partial charge in [0.2, 0.25) is 11.8 Å². The number of rotatable bonds is 10. The van der Waals surface area contributed by atoms with E-state index in [9.17, 15) is 9.59 Å². The Bertz CT molecular complexity index is 777. The molecule has 0 aliphatic rings. The molecule has 2 aromatic rings. The number of nitrogens with one attached hydrogen (secondary N) is 1. The van der Waals surface area contributed by atoms with Gasteiger partial charge < -0.3 is 10.2 Å². The van der Waals surface area contributed by atoms with E-state index in [2.05, 4.69) is 21.2 Å². The molecule has 0 radical (unpaired) electrons. The Kier molecular flexibility index (Phi) is 9.39. The molecule has 0 saturated heterocycles. The summed E-state index contributed by atoms with van der Waals surface area (Å²) < 4.78 is 0.989. The van der Waals surface area contributed by atoms with Gasteiger partial charge in [0.25, 0.3) is 0 Å². The summed E-state index contributed by atoms with van der Waals surface area (Å²) in [7, 11) is 0. The Morgan fingerprint density at radius 2 is 1.66 bits per heavy atom. The minimum Gasteiger partial charge on any atom is -0.352 e. The second kappa shape index (κ2) is 11.8. The van der Waals surface area contributed by atoms with Crippen LogP contribution in [0, 0.1) is 0 Å². The summed E-state index contributed by atoms with van der Waals surface area (Å²) in [5.41, 5.74) is 2.05. The van der Waals surface area contributed by atoms with E-state index in [-0.39, 0.29) is 17.9 Å². The van der Waals surface area contributed by atoms with Crippen molar-refractivity contribution in [1.29, 1.82) is 0 Å². The highest BCUT2D eigenvalue weighted by Crippen LogP contribution is 2.18. The van der Waals surface area contributed by atoms with E-state index in [0.717, 1.165) is 28.4 Å². The number of carbonyl (C=O) groups is 2. The average molecular weight is 459 g/mol. The zero-order valence-electron chi connectivity index (χ0n) is 17.5. The van der Waals surface area contributed by atoms with Crippen molar-refractivity contribution in [1.82, 2.24) is 10.2 Å². The molecule has 2 rings (SSSR count). The molecule has 29 heavy (non-hydrogen) atoms. The topological polar surface area (TPSA) is 49.4 Å².